The Bertz CT molecular complexity index is 429. The van der Waals surface area contributed by atoms with Crippen LogP contribution in [0.15, 0.2) is 0 Å². The lowest BCUT2D eigenvalue weighted by atomic mass is 10.0. The fourth-order valence-corrected chi connectivity index (χ4v) is 3.86. The van der Waals surface area contributed by atoms with Gasteiger partial charge in [-0.05, 0) is 32.6 Å². The molecule has 3 saturated heterocycles. The molecular weight excluding hydrogens is 294 g/mol. The lowest BCUT2D eigenvalue weighted by Gasteiger charge is -2.38. The zero-order valence-corrected chi connectivity index (χ0v) is 14.2. The summed E-state index contributed by atoms with van der Waals surface area (Å²) in [7, 11) is 0. The van der Waals surface area contributed by atoms with E-state index in [-0.39, 0.29) is 17.7 Å². The Morgan fingerprint density at radius 3 is 2.48 bits per heavy atom. The van der Waals surface area contributed by atoms with Gasteiger partial charge in [0.2, 0.25) is 11.8 Å². The van der Waals surface area contributed by atoms with E-state index in [9.17, 15) is 9.59 Å². The number of likely N-dealkylation sites (tertiary alicyclic amines) is 1. The van der Waals surface area contributed by atoms with Gasteiger partial charge in [0.15, 0.2) is 0 Å². The molecule has 0 aromatic heterocycles. The van der Waals surface area contributed by atoms with E-state index in [1.54, 1.807) is 0 Å². The summed E-state index contributed by atoms with van der Waals surface area (Å²) < 4.78 is 5.31. The van der Waals surface area contributed by atoms with Gasteiger partial charge in [-0.15, -0.1) is 0 Å². The van der Waals surface area contributed by atoms with Crippen LogP contribution in [0.1, 0.15) is 32.6 Å². The van der Waals surface area contributed by atoms with Crippen LogP contribution in [0.3, 0.4) is 0 Å². The Morgan fingerprint density at radius 1 is 1.04 bits per heavy atom. The number of piperazine rings is 1. The highest BCUT2D eigenvalue weighted by Gasteiger charge is 2.31. The van der Waals surface area contributed by atoms with Gasteiger partial charge in [0.1, 0.15) is 0 Å². The molecule has 0 spiro atoms. The molecule has 6 nitrogen and oxygen atoms in total. The Labute approximate surface area is 138 Å². The highest BCUT2D eigenvalue weighted by molar-refractivity contribution is 5.80. The zero-order valence-electron chi connectivity index (χ0n) is 14.2. The van der Waals surface area contributed by atoms with Crippen LogP contribution in [0.2, 0.25) is 0 Å². The fraction of sp³-hybridized carbons (Fsp3) is 0.882. The Hall–Kier alpha value is -1.14. The monoisotopic (exact) mass is 323 g/mol. The Balaban J connectivity index is 1.43. The summed E-state index contributed by atoms with van der Waals surface area (Å²) in [4.78, 5) is 31.0. The van der Waals surface area contributed by atoms with E-state index < -0.39 is 0 Å². The average molecular weight is 323 g/mol. The van der Waals surface area contributed by atoms with Crippen LogP contribution in [-0.2, 0) is 14.3 Å². The quantitative estimate of drug-likeness (QED) is 0.762. The van der Waals surface area contributed by atoms with Crippen LogP contribution in [0, 0.1) is 5.92 Å². The topological polar surface area (TPSA) is 53.1 Å². The second-order valence-corrected chi connectivity index (χ2v) is 7.09. The van der Waals surface area contributed by atoms with Crippen molar-refractivity contribution >= 4 is 11.8 Å². The summed E-state index contributed by atoms with van der Waals surface area (Å²) in [5.74, 6) is 0.539. The normalized spacial score (nSPS) is 29.8. The van der Waals surface area contributed by atoms with Crippen molar-refractivity contribution < 1.29 is 14.3 Å². The molecule has 2 atom stereocenters. The molecule has 3 aliphatic heterocycles. The van der Waals surface area contributed by atoms with Gasteiger partial charge in [0.05, 0.1) is 19.1 Å². The predicted octanol–water partition coefficient (Wildman–Crippen LogP) is 0.568. The molecule has 6 heteroatoms. The van der Waals surface area contributed by atoms with Gasteiger partial charge >= 0.3 is 0 Å². The molecule has 2 unspecified atom stereocenters. The van der Waals surface area contributed by atoms with Crippen LogP contribution in [0.5, 0.6) is 0 Å². The summed E-state index contributed by atoms with van der Waals surface area (Å²) in [5, 5.41) is 0. The number of hydrogen-bond donors (Lipinski definition) is 0. The number of carbonyl (C=O) groups is 2. The van der Waals surface area contributed by atoms with Gasteiger partial charge in [-0.25, -0.2) is 0 Å². The maximum absolute atomic E-state index is 12.5. The van der Waals surface area contributed by atoms with E-state index in [4.69, 9.17) is 4.74 Å². The molecule has 2 amide bonds. The number of nitrogens with zero attached hydrogens (tertiary/aromatic N) is 3. The summed E-state index contributed by atoms with van der Waals surface area (Å²) in [6, 6.07) is 0.376. The molecule has 3 aliphatic rings. The van der Waals surface area contributed by atoms with Gasteiger partial charge in [-0.1, -0.05) is 0 Å². The molecule has 3 heterocycles. The number of hydrogen-bond acceptors (Lipinski definition) is 4. The molecule has 0 aromatic carbocycles. The molecule has 0 aliphatic carbocycles. The molecule has 0 bridgehead atoms. The summed E-state index contributed by atoms with van der Waals surface area (Å²) in [6.45, 7) is 7.90. The Kier molecular flexibility index (Phi) is 5.54. The first-order valence-electron chi connectivity index (χ1n) is 9.03. The third-order valence-electron chi connectivity index (χ3n) is 5.45. The minimum absolute atomic E-state index is 0.0531. The summed E-state index contributed by atoms with van der Waals surface area (Å²) >= 11 is 0. The van der Waals surface area contributed by atoms with E-state index in [0.717, 1.165) is 52.0 Å². The Morgan fingerprint density at radius 2 is 1.83 bits per heavy atom. The van der Waals surface area contributed by atoms with Crippen molar-refractivity contribution in [2.75, 3.05) is 52.5 Å². The number of rotatable bonds is 3. The van der Waals surface area contributed by atoms with E-state index in [0.29, 0.717) is 25.8 Å². The first kappa shape index (κ1) is 16.7. The maximum Gasteiger partial charge on any atom is 0.236 e. The lowest BCUT2D eigenvalue weighted by molar-refractivity contribution is -0.139. The smallest absolute Gasteiger partial charge is 0.236 e. The zero-order chi connectivity index (χ0) is 16.2. The average Bonchev–Trinajstić information content (AvgIpc) is 3.09. The van der Waals surface area contributed by atoms with Gasteiger partial charge in [-0.3, -0.25) is 14.5 Å². The second kappa shape index (κ2) is 7.62. The predicted molar refractivity (Wildman–Crippen MR) is 87.0 cm³/mol. The first-order valence-corrected chi connectivity index (χ1v) is 9.03. The van der Waals surface area contributed by atoms with Crippen molar-refractivity contribution in [2.24, 2.45) is 5.92 Å². The standard InChI is InChI=1S/C17H29N3O3/c1-14-4-2-3-6-20(14)16(21)12-18-7-9-19(10-8-18)17(22)15-5-11-23-13-15/h14-15H,2-13H2,1H3. The van der Waals surface area contributed by atoms with Crippen molar-refractivity contribution in [3.63, 3.8) is 0 Å². The number of ether oxygens (including phenoxy) is 1. The van der Waals surface area contributed by atoms with Crippen molar-refractivity contribution in [2.45, 2.75) is 38.6 Å². The second-order valence-electron chi connectivity index (χ2n) is 7.09. The molecule has 130 valence electrons. The highest BCUT2D eigenvalue weighted by atomic mass is 16.5. The summed E-state index contributed by atoms with van der Waals surface area (Å²) in [6.07, 6.45) is 4.33. The number of amides is 2. The van der Waals surface area contributed by atoms with E-state index >= 15 is 0 Å². The SMILES string of the molecule is CC1CCCCN1C(=O)CN1CCN(C(=O)C2CCOC2)CC1. The first-order chi connectivity index (χ1) is 11.1. The summed E-state index contributed by atoms with van der Waals surface area (Å²) in [5.41, 5.74) is 0. The molecule has 0 aromatic rings. The van der Waals surface area contributed by atoms with Gasteiger partial charge in [-0.2, -0.15) is 0 Å². The molecule has 3 fully saturated rings. The fourth-order valence-electron chi connectivity index (χ4n) is 3.86. The van der Waals surface area contributed by atoms with Crippen LogP contribution in [0.4, 0.5) is 0 Å². The van der Waals surface area contributed by atoms with Crippen LogP contribution >= 0.6 is 0 Å². The van der Waals surface area contributed by atoms with Crippen LogP contribution < -0.4 is 0 Å². The third kappa shape index (κ3) is 4.04. The van der Waals surface area contributed by atoms with Gasteiger partial charge in [0, 0.05) is 45.4 Å². The van der Waals surface area contributed by atoms with Crippen LogP contribution in [0.25, 0.3) is 0 Å². The van der Waals surface area contributed by atoms with Crippen molar-refractivity contribution in [1.29, 1.82) is 0 Å². The number of piperidine rings is 1. The van der Waals surface area contributed by atoms with Gasteiger partial charge in [0.25, 0.3) is 0 Å². The molecular formula is C17H29N3O3. The van der Waals surface area contributed by atoms with Gasteiger partial charge < -0.3 is 14.5 Å². The number of carbonyl (C=O) groups excluding carboxylic acids is 2. The van der Waals surface area contributed by atoms with Crippen molar-refractivity contribution in [3.8, 4) is 0 Å². The molecule has 0 radical (unpaired) electrons. The molecule has 3 rings (SSSR count). The third-order valence-corrected chi connectivity index (χ3v) is 5.45. The largest absolute Gasteiger partial charge is 0.381 e. The van der Waals surface area contributed by atoms with Crippen molar-refractivity contribution in [1.82, 2.24) is 14.7 Å². The minimum atomic E-state index is 0.0531. The molecule has 0 saturated carbocycles. The molecule has 0 N–H and O–H groups in total. The maximum atomic E-state index is 12.5. The van der Waals surface area contributed by atoms with E-state index in [1.807, 2.05) is 9.80 Å². The van der Waals surface area contributed by atoms with Crippen molar-refractivity contribution in [3.05, 3.63) is 0 Å². The minimum Gasteiger partial charge on any atom is -0.381 e. The highest BCUT2D eigenvalue weighted by Crippen LogP contribution is 2.18. The van der Waals surface area contributed by atoms with E-state index in [2.05, 4.69) is 11.8 Å². The molecule has 23 heavy (non-hydrogen) atoms. The lowest BCUT2D eigenvalue weighted by Crippen LogP contribution is -2.54. The van der Waals surface area contributed by atoms with E-state index in [1.165, 1.54) is 6.42 Å². The van der Waals surface area contributed by atoms with Crippen LogP contribution in [-0.4, -0.2) is 85.0 Å².